The minimum Gasteiger partial charge on any atom is -0.496 e. The van der Waals surface area contributed by atoms with Crippen LogP contribution in [0.25, 0.3) is 10.2 Å². The van der Waals surface area contributed by atoms with Gasteiger partial charge in [0.05, 0.1) is 23.2 Å². The fraction of sp³-hybridized carbons (Fsp3) is 0.296. The number of ether oxygens (including phenoxy) is 1. The van der Waals surface area contributed by atoms with Crippen LogP contribution in [-0.4, -0.2) is 23.8 Å². The predicted octanol–water partition coefficient (Wildman–Crippen LogP) is 5.55. The molecule has 2 aliphatic rings. The second-order valence-corrected chi connectivity index (χ2v) is 10.6. The molecule has 1 aliphatic carbocycles. The van der Waals surface area contributed by atoms with Crippen molar-refractivity contribution in [2.24, 2.45) is 5.41 Å². The summed E-state index contributed by atoms with van der Waals surface area (Å²) in [5, 5.41) is 6.92. The first kappa shape index (κ1) is 22.3. The lowest BCUT2D eigenvalue weighted by molar-refractivity contribution is -0.118. The number of benzene rings is 2. The highest BCUT2D eigenvalue weighted by Gasteiger charge is 2.43. The highest BCUT2D eigenvalue weighted by molar-refractivity contribution is 7.22. The Morgan fingerprint density at radius 2 is 1.88 bits per heavy atom. The van der Waals surface area contributed by atoms with Crippen LogP contribution < -0.4 is 15.4 Å². The van der Waals surface area contributed by atoms with Gasteiger partial charge in [-0.1, -0.05) is 55.5 Å². The van der Waals surface area contributed by atoms with Crippen LogP contribution in [0.15, 0.2) is 71.1 Å². The van der Waals surface area contributed by atoms with E-state index in [1.165, 1.54) is 11.3 Å². The zero-order valence-corrected chi connectivity index (χ0v) is 20.5. The number of anilines is 1. The predicted molar refractivity (Wildman–Crippen MR) is 135 cm³/mol. The Morgan fingerprint density at radius 1 is 1.15 bits per heavy atom. The van der Waals surface area contributed by atoms with Gasteiger partial charge in [0, 0.05) is 34.5 Å². The van der Waals surface area contributed by atoms with Gasteiger partial charge in [-0.2, -0.15) is 0 Å². The average Bonchev–Trinajstić information content (AvgIpc) is 3.19. The van der Waals surface area contributed by atoms with Crippen LogP contribution in [0.5, 0.6) is 5.75 Å². The minimum absolute atomic E-state index is 0.0624. The molecule has 0 bridgehead atoms. The molecule has 0 saturated carbocycles. The van der Waals surface area contributed by atoms with Crippen molar-refractivity contribution in [2.75, 3.05) is 12.4 Å². The van der Waals surface area contributed by atoms with Gasteiger partial charge in [-0.3, -0.25) is 14.9 Å². The summed E-state index contributed by atoms with van der Waals surface area (Å²) in [4.78, 5) is 31.8. The molecule has 2 aromatic carbocycles. The van der Waals surface area contributed by atoms with Crippen LogP contribution in [0.3, 0.4) is 0 Å². The lowest BCUT2D eigenvalue weighted by Crippen LogP contribution is -2.39. The lowest BCUT2D eigenvalue weighted by atomic mass is 9.68. The third-order valence-corrected chi connectivity index (χ3v) is 7.40. The van der Waals surface area contributed by atoms with Gasteiger partial charge in [0.2, 0.25) is 0 Å². The third-order valence-electron chi connectivity index (χ3n) is 6.45. The molecular weight excluding hydrogens is 446 g/mol. The summed E-state index contributed by atoms with van der Waals surface area (Å²) in [5.74, 6) is -0.0843. The monoisotopic (exact) mass is 473 g/mol. The van der Waals surface area contributed by atoms with Crippen LogP contribution >= 0.6 is 11.3 Å². The summed E-state index contributed by atoms with van der Waals surface area (Å²) in [5.41, 5.74) is 4.30. The van der Waals surface area contributed by atoms with E-state index in [0.717, 1.165) is 33.6 Å². The molecule has 1 atom stereocenters. The van der Waals surface area contributed by atoms with E-state index in [-0.39, 0.29) is 17.1 Å². The number of para-hydroxylation sites is 2. The number of nitrogens with zero attached hydrogens (tertiary/aromatic N) is 1. The summed E-state index contributed by atoms with van der Waals surface area (Å²) >= 11 is 1.43. The number of dihydropyridines is 1. The van der Waals surface area contributed by atoms with Crippen molar-refractivity contribution in [1.82, 2.24) is 10.3 Å². The summed E-state index contributed by atoms with van der Waals surface area (Å²) in [6.45, 7) is 6.09. The van der Waals surface area contributed by atoms with Crippen molar-refractivity contribution in [3.63, 3.8) is 0 Å². The maximum absolute atomic E-state index is 13.7. The SMILES string of the molecule is COc1ccccc1[C@@H]1C(C(=O)Nc2nc3ccccc3s2)=C(C)NC2=C1C(=O)CC(C)(C)C2. The molecule has 2 heterocycles. The molecule has 1 aromatic heterocycles. The molecule has 0 radical (unpaired) electrons. The molecular formula is C27H27N3O3S. The number of aromatic nitrogens is 1. The number of carbonyl (C=O) groups excluding carboxylic acids is 2. The summed E-state index contributed by atoms with van der Waals surface area (Å²) in [7, 11) is 1.61. The molecule has 3 aromatic rings. The fourth-order valence-corrected chi connectivity index (χ4v) is 5.90. The van der Waals surface area contributed by atoms with E-state index in [0.29, 0.717) is 28.4 Å². The van der Waals surface area contributed by atoms with E-state index >= 15 is 0 Å². The third kappa shape index (κ3) is 3.90. The average molecular weight is 474 g/mol. The Hall–Kier alpha value is -3.45. The number of nitrogens with one attached hydrogen (secondary N) is 2. The molecule has 2 N–H and O–H groups in total. The molecule has 6 nitrogen and oxygen atoms in total. The second kappa shape index (κ2) is 8.40. The normalized spacial score (nSPS) is 19.6. The number of hydrogen-bond acceptors (Lipinski definition) is 6. The summed E-state index contributed by atoms with van der Waals surface area (Å²) in [6, 6.07) is 15.4. The standard InChI is InChI=1S/C27H27N3O3S/c1-15-22(25(32)30-26-29-17-10-6-8-12-21(17)34-26)23(16-9-5-7-11-20(16)33-4)24-18(28-15)13-27(2,3)14-19(24)31/h5-12,23,28H,13-14H2,1-4H3,(H,29,30,32)/t23-/m1/s1. The molecule has 0 saturated heterocycles. The van der Waals surface area contributed by atoms with Gasteiger partial charge in [-0.15, -0.1) is 0 Å². The molecule has 1 aliphatic heterocycles. The van der Waals surface area contributed by atoms with Crippen molar-refractivity contribution >= 4 is 38.4 Å². The number of allylic oxidation sites excluding steroid dienone is 3. The first-order chi connectivity index (χ1) is 16.3. The molecule has 34 heavy (non-hydrogen) atoms. The largest absolute Gasteiger partial charge is 0.496 e. The van der Waals surface area contributed by atoms with Gasteiger partial charge in [0.15, 0.2) is 10.9 Å². The smallest absolute Gasteiger partial charge is 0.256 e. The quantitative estimate of drug-likeness (QED) is 0.519. The van der Waals surface area contributed by atoms with E-state index in [2.05, 4.69) is 29.5 Å². The topological polar surface area (TPSA) is 80.3 Å². The van der Waals surface area contributed by atoms with Gasteiger partial charge in [-0.05, 0) is 37.0 Å². The number of Topliss-reactive ketones (excluding diaryl/α,β-unsaturated/α-hetero) is 1. The Morgan fingerprint density at radius 3 is 2.65 bits per heavy atom. The number of thiazole rings is 1. The number of ketones is 1. The highest BCUT2D eigenvalue weighted by atomic mass is 32.1. The van der Waals surface area contributed by atoms with Crippen molar-refractivity contribution < 1.29 is 14.3 Å². The molecule has 0 spiro atoms. The summed E-state index contributed by atoms with van der Waals surface area (Å²) < 4.78 is 6.66. The number of rotatable bonds is 4. The van der Waals surface area contributed by atoms with Crippen LogP contribution in [0.1, 0.15) is 45.1 Å². The van der Waals surface area contributed by atoms with E-state index < -0.39 is 5.92 Å². The van der Waals surface area contributed by atoms with Gasteiger partial charge in [0.25, 0.3) is 5.91 Å². The Balaban J connectivity index is 1.61. The van der Waals surface area contributed by atoms with Crippen molar-refractivity contribution in [2.45, 2.75) is 39.5 Å². The van der Waals surface area contributed by atoms with Gasteiger partial charge in [-0.25, -0.2) is 4.98 Å². The number of methoxy groups -OCH3 is 1. The van der Waals surface area contributed by atoms with E-state index in [1.807, 2.05) is 55.5 Å². The number of carbonyl (C=O) groups is 2. The molecule has 174 valence electrons. The highest BCUT2D eigenvalue weighted by Crippen LogP contribution is 2.48. The molecule has 0 fully saturated rings. The van der Waals surface area contributed by atoms with Gasteiger partial charge >= 0.3 is 0 Å². The first-order valence-corrected chi connectivity index (χ1v) is 12.1. The van der Waals surface area contributed by atoms with Crippen molar-refractivity contribution in [1.29, 1.82) is 0 Å². The van der Waals surface area contributed by atoms with E-state index in [1.54, 1.807) is 7.11 Å². The van der Waals surface area contributed by atoms with Gasteiger partial charge < -0.3 is 10.1 Å². The maximum atomic E-state index is 13.7. The van der Waals surface area contributed by atoms with Gasteiger partial charge in [0.1, 0.15) is 5.75 Å². The molecule has 7 heteroatoms. The molecule has 0 unspecified atom stereocenters. The Bertz CT molecular complexity index is 1350. The van der Waals surface area contributed by atoms with Crippen LogP contribution in [0.4, 0.5) is 5.13 Å². The first-order valence-electron chi connectivity index (χ1n) is 11.3. The number of hydrogen-bond donors (Lipinski definition) is 2. The number of amides is 1. The molecule has 5 rings (SSSR count). The maximum Gasteiger partial charge on any atom is 0.256 e. The summed E-state index contributed by atoms with van der Waals surface area (Å²) in [6.07, 6.45) is 1.18. The van der Waals surface area contributed by atoms with E-state index in [4.69, 9.17) is 4.74 Å². The van der Waals surface area contributed by atoms with Crippen molar-refractivity contribution in [3.8, 4) is 5.75 Å². The Labute approximate surface area is 202 Å². The Kier molecular flexibility index (Phi) is 5.52. The second-order valence-electron chi connectivity index (χ2n) is 9.61. The van der Waals surface area contributed by atoms with Crippen molar-refractivity contribution in [3.05, 3.63) is 76.6 Å². The number of fused-ring (bicyclic) bond motifs is 1. The zero-order valence-electron chi connectivity index (χ0n) is 19.7. The fourth-order valence-electron chi connectivity index (χ4n) is 5.04. The minimum atomic E-state index is -0.523. The lowest BCUT2D eigenvalue weighted by Gasteiger charge is -2.39. The van der Waals surface area contributed by atoms with Crippen LogP contribution in [-0.2, 0) is 9.59 Å². The molecule has 1 amide bonds. The van der Waals surface area contributed by atoms with E-state index in [9.17, 15) is 9.59 Å². The van der Waals surface area contributed by atoms with Crippen LogP contribution in [0.2, 0.25) is 0 Å². The zero-order chi connectivity index (χ0) is 24.0. The van der Waals surface area contributed by atoms with Crippen LogP contribution in [0, 0.1) is 5.41 Å².